The van der Waals surface area contributed by atoms with Crippen molar-refractivity contribution in [2.45, 2.75) is 110 Å². The van der Waals surface area contributed by atoms with Crippen LogP contribution < -0.4 is 4.74 Å². The van der Waals surface area contributed by atoms with Gasteiger partial charge < -0.3 is 4.74 Å². The highest BCUT2D eigenvalue weighted by Crippen LogP contribution is 2.22. The van der Waals surface area contributed by atoms with Gasteiger partial charge in [-0.1, -0.05) is 146 Å². The van der Waals surface area contributed by atoms with Crippen molar-refractivity contribution in [3.8, 4) is 5.75 Å². The van der Waals surface area contributed by atoms with Crippen molar-refractivity contribution in [2.75, 3.05) is 6.61 Å². The SMILES string of the molecule is CCCCCCCCCCCCCCCCCCOc1ccccc1C(=O)c1ccccc1. The predicted molar refractivity (Wildman–Crippen MR) is 141 cm³/mol. The molecule has 0 atom stereocenters. The molecule has 0 saturated heterocycles. The van der Waals surface area contributed by atoms with Gasteiger partial charge in [-0.15, -0.1) is 0 Å². The van der Waals surface area contributed by atoms with Crippen LogP contribution in [0.3, 0.4) is 0 Å². The molecule has 0 unspecified atom stereocenters. The standard InChI is InChI=1S/C31H46O2/c1-2-3-4-5-6-7-8-9-10-11-12-13-14-15-16-22-27-33-30-26-21-20-25-29(30)31(32)28-23-18-17-19-24-28/h17-21,23-26H,2-16,22,27H2,1H3. The molecule has 2 nitrogen and oxygen atoms in total. The summed E-state index contributed by atoms with van der Waals surface area (Å²) in [4.78, 5) is 12.8. The summed E-state index contributed by atoms with van der Waals surface area (Å²) >= 11 is 0. The molecule has 0 radical (unpaired) electrons. The van der Waals surface area contributed by atoms with Crippen LogP contribution in [0.15, 0.2) is 54.6 Å². The molecule has 33 heavy (non-hydrogen) atoms. The first-order valence-corrected chi connectivity index (χ1v) is 13.6. The van der Waals surface area contributed by atoms with Crippen molar-refractivity contribution >= 4 is 5.78 Å². The summed E-state index contributed by atoms with van der Waals surface area (Å²) in [7, 11) is 0. The highest BCUT2D eigenvalue weighted by molar-refractivity contribution is 6.10. The molecule has 0 amide bonds. The molecule has 0 N–H and O–H groups in total. The van der Waals surface area contributed by atoms with Crippen LogP contribution in [0.2, 0.25) is 0 Å². The Morgan fingerprint density at radius 3 is 1.58 bits per heavy atom. The molecule has 2 aromatic carbocycles. The molecule has 0 aromatic heterocycles. The molecule has 0 aliphatic rings. The molecule has 2 aromatic rings. The van der Waals surface area contributed by atoms with Crippen LogP contribution in [0.25, 0.3) is 0 Å². The Morgan fingerprint density at radius 1 is 0.576 bits per heavy atom. The molecular weight excluding hydrogens is 404 g/mol. The number of ether oxygens (including phenoxy) is 1. The van der Waals surface area contributed by atoms with Gasteiger partial charge in [-0.05, 0) is 18.6 Å². The van der Waals surface area contributed by atoms with Crippen LogP contribution in [-0.2, 0) is 0 Å². The lowest BCUT2D eigenvalue weighted by Gasteiger charge is -2.11. The number of benzene rings is 2. The Balaban J connectivity index is 1.45. The van der Waals surface area contributed by atoms with E-state index in [2.05, 4.69) is 6.92 Å². The Hall–Kier alpha value is -2.09. The lowest BCUT2D eigenvalue weighted by atomic mass is 10.0. The van der Waals surface area contributed by atoms with Gasteiger partial charge in [0.1, 0.15) is 5.75 Å². The molecule has 0 aliphatic heterocycles. The van der Waals surface area contributed by atoms with E-state index in [1.807, 2.05) is 54.6 Å². The quantitative estimate of drug-likeness (QED) is 0.148. The first-order chi connectivity index (χ1) is 16.3. The summed E-state index contributed by atoms with van der Waals surface area (Å²) in [5.41, 5.74) is 1.36. The summed E-state index contributed by atoms with van der Waals surface area (Å²) in [6.07, 6.45) is 21.8. The fourth-order valence-corrected chi connectivity index (χ4v) is 4.36. The lowest BCUT2D eigenvalue weighted by molar-refractivity contribution is 0.103. The third-order valence-corrected chi connectivity index (χ3v) is 6.42. The zero-order valence-corrected chi connectivity index (χ0v) is 21.0. The molecule has 0 aliphatic carbocycles. The van der Waals surface area contributed by atoms with Gasteiger partial charge in [0.2, 0.25) is 0 Å². The van der Waals surface area contributed by atoms with E-state index in [9.17, 15) is 4.79 Å². The van der Waals surface area contributed by atoms with Crippen molar-refractivity contribution in [2.24, 2.45) is 0 Å². The summed E-state index contributed by atoms with van der Waals surface area (Å²) < 4.78 is 5.98. The minimum Gasteiger partial charge on any atom is -0.493 e. The number of carbonyl (C=O) groups excluding carboxylic acids is 1. The van der Waals surface area contributed by atoms with Gasteiger partial charge in [-0.3, -0.25) is 4.79 Å². The van der Waals surface area contributed by atoms with Crippen LogP contribution in [-0.4, -0.2) is 12.4 Å². The number of rotatable bonds is 20. The van der Waals surface area contributed by atoms with Crippen LogP contribution >= 0.6 is 0 Å². The van der Waals surface area contributed by atoms with Gasteiger partial charge in [0, 0.05) is 5.56 Å². The fourth-order valence-electron chi connectivity index (χ4n) is 4.36. The summed E-state index contributed by atoms with van der Waals surface area (Å²) in [5.74, 6) is 0.727. The second kappa shape index (κ2) is 18.3. The van der Waals surface area contributed by atoms with Gasteiger partial charge in [-0.25, -0.2) is 0 Å². The second-order valence-corrected chi connectivity index (χ2v) is 9.34. The smallest absolute Gasteiger partial charge is 0.196 e. The molecule has 2 heteroatoms. The van der Waals surface area contributed by atoms with Crippen LogP contribution in [0.4, 0.5) is 0 Å². The molecule has 0 fully saturated rings. The third kappa shape index (κ3) is 12.1. The lowest BCUT2D eigenvalue weighted by Crippen LogP contribution is -2.06. The maximum atomic E-state index is 12.8. The average Bonchev–Trinajstić information content (AvgIpc) is 2.86. The first kappa shape index (κ1) is 27.2. The minimum absolute atomic E-state index is 0.0261. The summed E-state index contributed by atoms with van der Waals surface area (Å²) in [6, 6.07) is 17.0. The molecule has 0 spiro atoms. The van der Waals surface area contributed by atoms with Crippen LogP contribution in [0, 0.1) is 0 Å². The average molecular weight is 451 g/mol. The molecular formula is C31H46O2. The zero-order valence-electron chi connectivity index (χ0n) is 21.0. The largest absolute Gasteiger partial charge is 0.493 e. The molecule has 0 bridgehead atoms. The normalized spacial score (nSPS) is 10.9. The van der Waals surface area contributed by atoms with E-state index >= 15 is 0 Å². The number of unbranched alkanes of at least 4 members (excludes halogenated alkanes) is 15. The third-order valence-electron chi connectivity index (χ3n) is 6.42. The number of hydrogen-bond acceptors (Lipinski definition) is 2. The first-order valence-electron chi connectivity index (χ1n) is 13.6. The fraction of sp³-hybridized carbons (Fsp3) is 0.581. The van der Waals surface area contributed by atoms with E-state index in [1.165, 1.54) is 96.3 Å². The summed E-state index contributed by atoms with van der Waals surface area (Å²) in [5, 5.41) is 0. The highest BCUT2D eigenvalue weighted by Gasteiger charge is 2.13. The van der Waals surface area contributed by atoms with E-state index in [0.29, 0.717) is 23.5 Å². The van der Waals surface area contributed by atoms with Gasteiger partial charge in [0.15, 0.2) is 5.78 Å². The maximum Gasteiger partial charge on any atom is 0.196 e. The van der Waals surface area contributed by atoms with E-state index in [0.717, 1.165) is 6.42 Å². The number of carbonyl (C=O) groups is 1. The zero-order chi connectivity index (χ0) is 23.4. The highest BCUT2D eigenvalue weighted by atomic mass is 16.5. The van der Waals surface area contributed by atoms with Crippen molar-refractivity contribution in [1.29, 1.82) is 0 Å². The van der Waals surface area contributed by atoms with E-state index < -0.39 is 0 Å². The van der Waals surface area contributed by atoms with Crippen molar-refractivity contribution < 1.29 is 9.53 Å². The Kier molecular flexibility index (Phi) is 15.1. The Morgan fingerprint density at radius 2 is 1.03 bits per heavy atom. The van der Waals surface area contributed by atoms with Gasteiger partial charge in [0.05, 0.1) is 12.2 Å². The summed E-state index contributed by atoms with van der Waals surface area (Å²) in [6.45, 7) is 2.96. The molecule has 0 heterocycles. The molecule has 2 rings (SSSR count). The topological polar surface area (TPSA) is 26.3 Å². The predicted octanol–water partition coefficient (Wildman–Crippen LogP) is 9.56. The number of para-hydroxylation sites is 1. The van der Waals surface area contributed by atoms with Crippen LogP contribution in [0.5, 0.6) is 5.75 Å². The van der Waals surface area contributed by atoms with Gasteiger partial charge in [-0.2, -0.15) is 0 Å². The van der Waals surface area contributed by atoms with E-state index in [-0.39, 0.29) is 5.78 Å². The Bertz CT molecular complexity index is 738. The second-order valence-electron chi connectivity index (χ2n) is 9.34. The van der Waals surface area contributed by atoms with E-state index in [1.54, 1.807) is 0 Å². The van der Waals surface area contributed by atoms with Crippen molar-refractivity contribution in [3.05, 3.63) is 65.7 Å². The van der Waals surface area contributed by atoms with Crippen molar-refractivity contribution in [1.82, 2.24) is 0 Å². The molecule has 0 saturated carbocycles. The van der Waals surface area contributed by atoms with Gasteiger partial charge in [0.25, 0.3) is 0 Å². The van der Waals surface area contributed by atoms with Crippen LogP contribution in [0.1, 0.15) is 126 Å². The molecule has 182 valence electrons. The van der Waals surface area contributed by atoms with Crippen molar-refractivity contribution in [3.63, 3.8) is 0 Å². The monoisotopic (exact) mass is 450 g/mol. The number of ketones is 1. The number of hydrogen-bond donors (Lipinski definition) is 0. The van der Waals surface area contributed by atoms with Gasteiger partial charge >= 0.3 is 0 Å². The minimum atomic E-state index is 0.0261. The van der Waals surface area contributed by atoms with E-state index in [4.69, 9.17) is 4.74 Å². The maximum absolute atomic E-state index is 12.8. The Labute approximate surface area is 203 Å².